The van der Waals surface area contributed by atoms with Crippen molar-refractivity contribution in [1.29, 1.82) is 0 Å². The minimum atomic E-state index is -0.323. The smallest absolute Gasteiger partial charge is 0.271 e. The minimum Gasteiger partial charge on any atom is -0.359 e. The number of aromatic nitrogens is 2. The maximum absolute atomic E-state index is 13.3. The van der Waals surface area contributed by atoms with Gasteiger partial charge in [0.05, 0.1) is 11.6 Å². The minimum absolute atomic E-state index is 0.0652. The number of benzene rings is 1. The molecule has 4 rings (SSSR count). The third-order valence-electron chi connectivity index (χ3n) is 6.42. The molecule has 7 heteroatoms. The zero-order valence-electron chi connectivity index (χ0n) is 18.9. The molecule has 0 radical (unpaired) electrons. The molecule has 0 bridgehead atoms. The Hall–Kier alpha value is -2.67. The van der Waals surface area contributed by atoms with Crippen LogP contribution in [0.4, 0.5) is 0 Å². The van der Waals surface area contributed by atoms with Gasteiger partial charge in [-0.1, -0.05) is 51.1 Å². The van der Waals surface area contributed by atoms with Gasteiger partial charge in [-0.2, -0.15) is 0 Å². The third-order valence-corrected chi connectivity index (χ3v) is 6.42. The second-order valence-corrected chi connectivity index (χ2v) is 9.69. The van der Waals surface area contributed by atoms with E-state index in [-0.39, 0.29) is 29.7 Å². The Morgan fingerprint density at radius 3 is 2.48 bits per heavy atom. The lowest BCUT2D eigenvalue weighted by Crippen LogP contribution is -2.44. The molecule has 2 amide bonds. The molecule has 2 N–H and O–H groups in total. The molecular formula is C24H33N5O2. The van der Waals surface area contributed by atoms with E-state index < -0.39 is 0 Å². The van der Waals surface area contributed by atoms with Gasteiger partial charge in [0.15, 0.2) is 5.69 Å². The molecule has 1 aromatic heterocycles. The first-order valence-electron chi connectivity index (χ1n) is 11.2. The first-order chi connectivity index (χ1) is 14.8. The predicted molar refractivity (Wildman–Crippen MR) is 120 cm³/mol. The van der Waals surface area contributed by atoms with E-state index in [4.69, 9.17) is 4.98 Å². The Balaban J connectivity index is 1.61. The standard InChI is InChI=1S/C24H33N5O2/c1-24(2,3)18(22(30)25-4)14-26-23(31)20-19-15-28(17-10-11-17)12-13-29(19)21(27-20)16-8-6-5-7-9-16/h5-9,17-18H,10-15H2,1-4H3,(H,25,30)(H,26,31)/t18-/m1/s1. The fourth-order valence-corrected chi connectivity index (χ4v) is 4.37. The van der Waals surface area contributed by atoms with E-state index in [9.17, 15) is 9.59 Å². The maximum atomic E-state index is 13.3. The topological polar surface area (TPSA) is 79.3 Å². The van der Waals surface area contributed by atoms with Crippen molar-refractivity contribution in [3.63, 3.8) is 0 Å². The molecule has 0 saturated heterocycles. The van der Waals surface area contributed by atoms with E-state index >= 15 is 0 Å². The van der Waals surface area contributed by atoms with Crippen LogP contribution in [-0.2, 0) is 17.9 Å². The van der Waals surface area contributed by atoms with E-state index in [0.717, 1.165) is 36.7 Å². The lowest BCUT2D eigenvalue weighted by molar-refractivity contribution is -0.127. The Labute approximate surface area is 184 Å². The lowest BCUT2D eigenvalue weighted by Gasteiger charge is -2.30. The van der Waals surface area contributed by atoms with Crippen molar-refractivity contribution < 1.29 is 9.59 Å². The number of nitrogens with zero attached hydrogens (tertiary/aromatic N) is 3. The molecule has 2 aromatic rings. The van der Waals surface area contributed by atoms with Gasteiger partial charge in [-0.05, 0) is 18.3 Å². The molecule has 31 heavy (non-hydrogen) atoms. The molecule has 1 aromatic carbocycles. The fraction of sp³-hybridized carbons (Fsp3) is 0.542. The highest BCUT2D eigenvalue weighted by Crippen LogP contribution is 2.33. The quantitative estimate of drug-likeness (QED) is 0.749. The summed E-state index contributed by atoms with van der Waals surface area (Å²) < 4.78 is 2.20. The number of rotatable bonds is 6. The summed E-state index contributed by atoms with van der Waals surface area (Å²) in [7, 11) is 1.63. The average molecular weight is 424 g/mol. The number of carbonyl (C=O) groups excluding carboxylic acids is 2. The number of hydrogen-bond donors (Lipinski definition) is 2. The van der Waals surface area contributed by atoms with E-state index in [2.05, 4.69) is 20.1 Å². The normalized spacial score (nSPS) is 17.7. The third kappa shape index (κ3) is 4.51. The van der Waals surface area contributed by atoms with Crippen LogP contribution >= 0.6 is 0 Å². The Morgan fingerprint density at radius 1 is 1.16 bits per heavy atom. The van der Waals surface area contributed by atoms with Crippen LogP contribution in [0.15, 0.2) is 30.3 Å². The molecule has 2 aliphatic rings. The van der Waals surface area contributed by atoms with Crippen molar-refractivity contribution in [1.82, 2.24) is 25.1 Å². The van der Waals surface area contributed by atoms with Crippen LogP contribution in [0.3, 0.4) is 0 Å². The van der Waals surface area contributed by atoms with E-state index in [1.54, 1.807) is 7.05 Å². The van der Waals surface area contributed by atoms with E-state index in [0.29, 0.717) is 11.7 Å². The molecular weight excluding hydrogens is 390 g/mol. The summed E-state index contributed by atoms with van der Waals surface area (Å²) in [4.78, 5) is 32.9. The van der Waals surface area contributed by atoms with Gasteiger partial charge in [-0.3, -0.25) is 14.5 Å². The number of carbonyl (C=O) groups is 2. The molecule has 166 valence electrons. The van der Waals surface area contributed by atoms with Crippen molar-refractivity contribution in [3.05, 3.63) is 41.7 Å². The van der Waals surface area contributed by atoms with Crippen LogP contribution < -0.4 is 10.6 Å². The molecule has 1 aliphatic heterocycles. The zero-order valence-corrected chi connectivity index (χ0v) is 18.9. The van der Waals surface area contributed by atoms with Crippen molar-refractivity contribution >= 4 is 11.8 Å². The van der Waals surface area contributed by atoms with Crippen LogP contribution in [0.1, 0.15) is 49.8 Å². The highest BCUT2D eigenvalue weighted by Gasteiger charge is 2.36. The molecule has 1 saturated carbocycles. The van der Waals surface area contributed by atoms with Gasteiger partial charge in [-0.25, -0.2) is 4.98 Å². The monoisotopic (exact) mass is 423 g/mol. The molecule has 1 atom stereocenters. The van der Waals surface area contributed by atoms with Crippen LogP contribution in [0, 0.1) is 11.3 Å². The largest absolute Gasteiger partial charge is 0.359 e. The number of hydrogen-bond acceptors (Lipinski definition) is 4. The zero-order chi connectivity index (χ0) is 22.2. The summed E-state index contributed by atoms with van der Waals surface area (Å²) in [6.07, 6.45) is 2.47. The Bertz CT molecular complexity index is 956. The van der Waals surface area contributed by atoms with Crippen molar-refractivity contribution in [3.8, 4) is 11.4 Å². The van der Waals surface area contributed by atoms with Crippen LogP contribution in [0.5, 0.6) is 0 Å². The first kappa shape index (κ1) is 21.6. The molecule has 1 fully saturated rings. The predicted octanol–water partition coefficient (Wildman–Crippen LogP) is 2.67. The van der Waals surface area contributed by atoms with Gasteiger partial charge in [0.2, 0.25) is 5.91 Å². The summed E-state index contributed by atoms with van der Waals surface area (Å²) in [6, 6.07) is 10.7. The first-order valence-corrected chi connectivity index (χ1v) is 11.2. The summed E-state index contributed by atoms with van der Waals surface area (Å²) in [5.41, 5.74) is 2.20. The van der Waals surface area contributed by atoms with Crippen molar-refractivity contribution in [2.45, 2.75) is 52.7 Å². The molecule has 7 nitrogen and oxygen atoms in total. The number of fused-ring (bicyclic) bond motifs is 1. The fourth-order valence-electron chi connectivity index (χ4n) is 4.37. The lowest BCUT2D eigenvalue weighted by atomic mass is 9.80. The summed E-state index contributed by atoms with van der Waals surface area (Å²) >= 11 is 0. The maximum Gasteiger partial charge on any atom is 0.271 e. The van der Waals surface area contributed by atoms with Gasteiger partial charge in [0.25, 0.3) is 5.91 Å². The molecule has 0 spiro atoms. The molecule has 0 unspecified atom stereocenters. The molecule has 1 aliphatic carbocycles. The highest BCUT2D eigenvalue weighted by molar-refractivity contribution is 5.94. The van der Waals surface area contributed by atoms with Gasteiger partial charge in [-0.15, -0.1) is 0 Å². The SMILES string of the molecule is CNC(=O)[C@@H](CNC(=O)c1nc(-c2ccccc2)n2c1CN(C1CC1)CC2)C(C)(C)C. The van der Waals surface area contributed by atoms with Crippen LogP contribution in [0.2, 0.25) is 0 Å². The van der Waals surface area contributed by atoms with Crippen molar-refractivity contribution in [2.24, 2.45) is 11.3 Å². The van der Waals surface area contributed by atoms with Gasteiger partial charge in [0, 0.05) is 44.8 Å². The number of amides is 2. The van der Waals surface area contributed by atoms with Crippen molar-refractivity contribution in [2.75, 3.05) is 20.1 Å². The average Bonchev–Trinajstić information content (AvgIpc) is 3.53. The summed E-state index contributed by atoms with van der Waals surface area (Å²) in [5.74, 6) is 0.248. The Kier molecular flexibility index (Phi) is 5.88. The van der Waals surface area contributed by atoms with Crippen LogP contribution in [-0.4, -0.2) is 52.4 Å². The summed E-state index contributed by atoms with van der Waals surface area (Å²) in [6.45, 7) is 8.87. The van der Waals surface area contributed by atoms with Gasteiger partial charge >= 0.3 is 0 Å². The number of imidazole rings is 1. The highest BCUT2D eigenvalue weighted by atomic mass is 16.2. The van der Waals surface area contributed by atoms with Gasteiger partial charge < -0.3 is 15.2 Å². The number of nitrogens with one attached hydrogen (secondary N) is 2. The van der Waals surface area contributed by atoms with Crippen LogP contribution in [0.25, 0.3) is 11.4 Å². The van der Waals surface area contributed by atoms with E-state index in [1.165, 1.54) is 12.8 Å². The second kappa shape index (κ2) is 8.46. The second-order valence-electron chi connectivity index (χ2n) is 9.69. The Morgan fingerprint density at radius 2 is 1.87 bits per heavy atom. The van der Waals surface area contributed by atoms with Gasteiger partial charge in [0.1, 0.15) is 5.82 Å². The molecule has 2 heterocycles. The summed E-state index contributed by atoms with van der Waals surface area (Å²) in [5, 5.41) is 5.72. The van der Waals surface area contributed by atoms with E-state index in [1.807, 2.05) is 51.1 Å².